The zero-order chi connectivity index (χ0) is 14.6. The zero-order valence-corrected chi connectivity index (χ0v) is 17.1. The first-order valence-electron chi connectivity index (χ1n) is 5.11. The highest BCUT2D eigenvalue weighted by atomic mass is 79.9. The lowest BCUT2D eigenvalue weighted by Crippen LogP contribution is -2.01. The Labute approximate surface area is 158 Å². The van der Waals surface area contributed by atoms with Gasteiger partial charge in [-0.25, -0.2) is 0 Å². The van der Waals surface area contributed by atoms with E-state index in [1.165, 1.54) is 0 Å². The molecule has 0 saturated carbocycles. The number of hydrogen-bond donors (Lipinski definition) is 0. The molecule has 1 aliphatic rings. The fourth-order valence-corrected chi connectivity index (χ4v) is 4.18. The lowest BCUT2D eigenvalue weighted by atomic mass is 10.2. The van der Waals surface area contributed by atoms with Gasteiger partial charge in [0.05, 0.1) is 27.9 Å². The van der Waals surface area contributed by atoms with Crippen LogP contribution >= 0.6 is 86.9 Å². The van der Waals surface area contributed by atoms with Gasteiger partial charge in [-0.05, 0) is 63.7 Å². The van der Waals surface area contributed by atoms with Gasteiger partial charge in [-0.1, -0.05) is 23.2 Å². The van der Waals surface area contributed by atoms with E-state index in [-0.39, 0.29) is 0 Å². The molecular weight excluding hydrogens is 567 g/mol. The van der Waals surface area contributed by atoms with Crippen molar-refractivity contribution in [1.29, 1.82) is 0 Å². The van der Waals surface area contributed by atoms with Crippen LogP contribution in [0.1, 0.15) is 0 Å². The maximum Gasteiger partial charge on any atom is 0.186 e. The first-order chi connectivity index (χ1) is 9.40. The quantitative estimate of drug-likeness (QED) is 0.203. The Morgan fingerprint density at radius 3 is 1.35 bits per heavy atom. The van der Waals surface area contributed by atoms with E-state index in [1.54, 1.807) is 12.1 Å². The van der Waals surface area contributed by atoms with Gasteiger partial charge in [-0.2, -0.15) is 0 Å². The highest BCUT2D eigenvalue weighted by Crippen LogP contribution is 2.57. The second kappa shape index (κ2) is 5.63. The highest BCUT2D eigenvalue weighted by Gasteiger charge is 2.28. The number of hydrogen-bond acceptors (Lipinski definition) is 2. The number of rotatable bonds is 0. The summed E-state index contributed by atoms with van der Waals surface area (Å²) in [6, 6.07) is 3.25. The van der Waals surface area contributed by atoms with Crippen LogP contribution in [0, 0.1) is 0 Å². The Balaban J connectivity index is 2.23. The minimum atomic E-state index is 0.406. The molecule has 1 heterocycles. The van der Waals surface area contributed by atoms with E-state index >= 15 is 0 Å². The van der Waals surface area contributed by atoms with Crippen molar-refractivity contribution in [3.63, 3.8) is 0 Å². The summed E-state index contributed by atoms with van der Waals surface area (Å²) in [5.41, 5.74) is 0. The third kappa shape index (κ3) is 2.42. The predicted octanol–water partition coefficient (Wildman–Crippen LogP) is 7.94. The number of ether oxygens (including phenoxy) is 2. The van der Waals surface area contributed by atoms with Crippen LogP contribution in [0.3, 0.4) is 0 Å². The Hall–Kier alpha value is 0.540. The van der Waals surface area contributed by atoms with Crippen molar-refractivity contribution in [2.45, 2.75) is 0 Å². The second-order valence-corrected chi connectivity index (χ2v) is 7.82. The van der Waals surface area contributed by atoms with E-state index in [0.29, 0.717) is 33.0 Å². The maximum absolute atomic E-state index is 6.00. The predicted molar refractivity (Wildman–Crippen MR) is 93.9 cm³/mol. The van der Waals surface area contributed by atoms with Gasteiger partial charge in [-0.15, -0.1) is 0 Å². The van der Waals surface area contributed by atoms with E-state index in [9.17, 15) is 0 Å². The van der Waals surface area contributed by atoms with Gasteiger partial charge in [0.15, 0.2) is 23.0 Å². The Kier molecular flexibility index (Phi) is 4.35. The van der Waals surface area contributed by atoms with Gasteiger partial charge >= 0.3 is 0 Å². The lowest BCUT2D eigenvalue weighted by molar-refractivity contribution is 0.355. The van der Waals surface area contributed by atoms with E-state index in [0.717, 1.165) is 17.9 Å². The van der Waals surface area contributed by atoms with Crippen molar-refractivity contribution in [2.75, 3.05) is 0 Å². The molecule has 0 amide bonds. The molecule has 0 unspecified atom stereocenters. The van der Waals surface area contributed by atoms with Crippen molar-refractivity contribution in [3.8, 4) is 23.0 Å². The molecule has 0 radical (unpaired) electrons. The van der Waals surface area contributed by atoms with E-state index in [4.69, 9.17) is 32.7 Å². The molecule has 0 saturated heterocycles. The molecule has 8 heteroatoms. The molecule has 0 aromatic heterocycles. The molecule has 1 aliphatic heterocycles. The van der Waals surface area contributed by atoms with Crippen LogP contribution in [0.25, 0.3) is 0 Å². The van der Waals surface area contributed by atoms with Gasteiger partial charge in [0.2, 0.25) is 0 Å². The summed E-state index contributed by atoms with van der Waals surface area (Å²) in [6.45, 7) is 0. The fraction of sp³-hybridized carbons (Fsp3) is 0. The minimum absolute atomic E-state index is 0.406. The lowest BCUT2D eigenvalue weighted by Gasteiger charge is -2.24. The van der Waals surface area contributed by atoms with Gasteiger partial charge in [-0.3, -0.25) is 0 Å². The summed E-state index contributed by atoms with van der Waals surface area (Å²) >= 11 is 25.9. The molecule has 0 spiro atoms. The van der Waals surface area contributed by atoms with Crippen LogP contribution in [0.2, 0.25) is 10.0 Å². The summed E-state index contributed by atoms with van der Waals surface area (Å²) < 4.78 is 14.8. The Morgan fingerprint density at radius 2 is 1.00 bits per heavy atom. The summed E-state index contributed by atoms with van der Waals surface area (Å²) in [4.78, 5) is 0. The molecular formula is C12H2Br4Cl2O2. The van der Waals surface area contributed by atoms with Crippen molar-refractivity contribution < 1.29 is 9.47 Å². The SMILES string of the molecule is Clc1cc2c(cc1Cl)Oc1c(Br)c(Br)c(Br)c(Br)c1O2. The Bertz CT molecular complexity index is 687. The minimum Gasteiger partial charge on any atom is -0.448 e. The maximum atomic E-state index is 6.00. The molecule has 0 aliphatic carbocycles. The van der Waals surface area contributed by atoms with Gasteiger partial charge in [0, 0.05) is 12.1 Å². The standard InChI is InChI=1S/C12H2Br4Cl2O2/c13-7-8(14)10(16)12-11(9(7)15)19-5-1-3(17)4(18)2-6(5)20-12/h1-2H. The summed E-state index contributed by atoms with van der Waals surface area (Å²) in [5, 5.41) is 0.813. The van der Waals surface area contributed by atoms with Crippen LogP contribution in [-0.4, -0.2) is 0 Å². The molecule has 2 aromatic rings. The van der Waals surface area contributed by atoms with E-state index < -0.39 is 0 Å². The monoisotopic (exact) mass is 564 g/mol. The molecule has 2 nitrogen and oxygen atoms in total. The van der Waals surface area contributed by atoms with Crippen molar-refractivity contribution in [2.24, 2.45) is 0 Å². The van der Waals surface area contributed by atoms with Crippen LogP contribution < -0.4 is 9.47 Å². The first-order valence-corrected chi connectivity index (χ1v) is 9.03. The molecule has 20 heavy (non-hydrogen) atoms. The largest absolute Gasteiger partial charge is 0.448 e. The van der Waals surface area contributed by atoms with Crippen molar-refractivity contribution in [3.05, 3.63) is 40.1 Å². The third-order valence-electron chi connectivity index (χ3n) is 2.59. The molecule has 0 bridgehead atoms. The van der Waals surface area contributed by atoms with Gasteiger partial charge in [0.25, 0.3) is 0 Å². The van der Waals surface area contributed by atoms with Crippen molar-refractivity contribution >= 4 is 86.9 Å². The topological polar surface area (TPSA) is 18.5 Å². The second-order valence-electron chi connectivity index (χ2n) is 3.83. The molecule has 0 fully saturated rings. The average molecular weight is 569 g/mol. The summed E-state index contributed by atoms with van der Waals surface area (Å²) in [5.74, 6) is 2.12. The van der Waals surface area contributed by atoms with Crippen molar-refractivity contribution in [1.82, 2.24) is 0 Å². The fourth-order valence-electron chi connectivity index (χ4n) is 1.66. The first kappa shape index (κ1) is 15.4. The number of fused-ring (bicyclic) bond motifs is 2. The summed E-state index contributed by atoms with van der Waals surface area (Å²) in [6.07, 6.45) is 0. The molecule has 104 valence electrons. The smallest absolute Gasteiger partial charge is 0.186 e. The van der Waals surface area contributed by atoms with E-state index in [2.05, 4.69) is 63.7 Å². The van der Waals surface area contributed by atoms with Crippen LogP contribution in [0.5, 0.6) is 23.0 Å². The molecule has 0 atom stereocenters. The average Bonchev–Trinajstić information content (AvgIpc) is 2.43. The normalized spacial score (nSPS) is 12.3. The summed E-state index contributed by atoms with van der Waals surface area (Å²) in [7, 11) is 0. The number of benzene rings is 2. The van der Waals surface area contributed by atoms with Gasteiger partial charge in [0.1, 0.15) is 0 Å². The molecule has 2 aromatic carbocycles. The zero-order valence-electron chi connectivity index (χ0n) is 9.24. The highest BCUT2D eigenvalue weighted by molar-refractivity contribution is 9.15. The van der Waals surface area contributed by atoms with Gasteiger partial charge < -0.3 is 9.47 Å². The van der Waals surface area contributed by atoms with Crippen LogP contribution in [0.15, 0.2) is 30.0 Å². The number of halogens is 6. The van der Waals surface area contributed by atoms with E-state index in [1.807, 2.05) is 0 Å². The van der Waals surface area contributed by atoms with Crippen LogP contribution in [-0.2, 0) is 0 Å². The molecule has 3 rings (SSSR count). The molecule has 0 N–H and O–H groups in total. The third-order valence-corrected chi connectivity index (χ3v) is 8.01. The van der Waals surface area contributed by atoms with Crippen LogP contribution in [0.4, 0.5) is 0 Å². The Morgan fingerprint density at radius 1 is 0.650 bits per heavy atom.